The van der Waals surface area contributed by atoms with Gasteiger partial charge in [0.2, 0.25) is 0 Å². The molecular formula is C12H15FN2O2. The zero-order valence-corrected chi connectivity index (χ0v) is 9.65. The number of hydrogen-bond donors (Lipinski definition) is 1. The monoisotopic (exact) mass is 238 g/mol. The molecule has 0 aromatic heterocycles. The average molecular weight is 238 g/mol. The lowest BCUT2D eigenvalue weighted by molar-refractivity contribution is -0.385. The van der Waals surface area contributed by atoms with E-state index >= 15 is 0 Å². The van der Waals surface area contributed by atoms with Gasteiger partial charge < -0.3 is 5.32 Å². The summed E-state index contributed by atoms with van der Waals surface area (Å²) >= 11 is 0. The van der Waals surface area contributed by atoms with Crippen LogP contribution in [-0.4, -0.2) is 11.0 Å². The lowest BCUT2D eigenvalue weighted by atomic mass is 9.82. The molecule has 5 heteroatoms. The first kappa shape index (κ1) is 12.0. The fourth-order valence-electron chi connectivity index (χ4n) is 2.17. The van der Waals surface area contributed by atoms with E-state index in [0.717, 1.165) is 24.8 Å². The van der Waals surface area contributed by atoms with Crippen molar-refractivity contribution in [3.8, 4) is 0 Å². The van der Waals surface area contributed by atoms with Crippen LogP contribution in [0.4, 0.5) is 10.1 Å². The summed E-state index contributed by atoms with van der Waals surface area (Å²) in [5.41, 5.74) is 0.431. The molecule has 0 unspecified atom stereocenters. The summed E-state index contributed by atoms with van der Waals surface area (Å²) < 4.78 is 13.1. The fourth-order valence-corrected chi connectivity index (χ4v) is 2.17. The van der Waals surface area contributed by atoms with Crippen LogP contribution >= 0.6 is 0 Å². The van der Waals surface area contributed by atoms with Gasteiger partial charge in [-0.1, -0.05) is 6.92 Å². The molecule has 0 bridgehead atoms. The first-order chi connectivity index (χ1) is 8.04. The van der Waals surface area contributed by atoms with Crippen LogP contribution in [0.15, 0.2) is 18.2 Å². The molecule has 1 saturated carbocycles. The highest BCUT2D eigenvalue weighted by Gasteiger charge is 2.24. The van der Waals surface area contributed by atoms with Crippen LogP contribution in [0.5, 0.6) is 0 Å². The number of hydrogen-bond acceptors (Lipinski definition) is 3. The van der Waals surface area contributed by atoms with E-state index in [1.54, 1.807) is 0 Å². The smallest absolute Gasteiger partial charge is 0.272 e. The molecule has 0 aliphatic heterocycles. The van der Waals surface area contributed by atoms with Crippen molar-refractivity contribution in [2.75, 3.05) is 0 Å². The maximum Gasteiger partial charge on any atom is 0.272 e. The summed E-state index contributed by atoms with van der Waals surface area (Å²) in [5, 5.41) is 13.8. The van der Waals surface area contributed by atoms with Crippen molar-refractivity contribution < 1.29 is 9.31 Å². The summed E-state index contributed by atoms with van der Waals surface area (Å²) in [6.07, 6.45) is 2.24. The van der Waals surface area contributed by atoms with Gasteiger partial charge in [-0.05, 0) is 30.4 Å². The Morgan fingerprint density at radius 3 is 2.76 bits per heavy atom. The number of nitrogens with zero attached hydrogens (tertiary/aromatic N) is 1. The zero-order chi connectivity index (χ0) is 12.4. The Morgan fingerprint density at radius 2 is 2.18 bits per heavy atom. The minimum Gasteiger partial charge on any atom is -0.310 e. The molecule has 4 nitrogen and oxygen atoms in total. The molecule has 1 aromatic carbocycles. The van der Waals surface area contributed by atoms with Gasteiger partial charge in [0.15, 0.2) is 0 Å². The maximum absolute atomic E-state index is 13.1. The molecule has 92 valence electrons. The second-order valence-corrected chi connectivity index (χ2v) is 4.73. The third kappa shape index (κ3) is 3.00. The van der Waals surface area contributed by atoms with Gasteiger partial charge in [-0.3, -0.25) is 10.1 Å². The lowest BCUT2D eigenvalue weighted by Crippen LogP contribution is -2.39. The van der Waals surface area contributed by atoms with Crippen LogP contribution in [0.1, 0.15) is 25.3 Å². The Bertz CT molecular complexity index is 431. The summed E-state index contributed by atoms with van der Waals surface area (Å²) in [6.45, 7) is 2.67. The molecule has 0 atom stereocenters. The fraction of sp³-hybridized carbons (Fsp3) is 0.500. The quantitative estimate of drug-likeness (QED) is 0.648. The van der Waals surface area contributed by atoms with Gasteiger partial charge in [0.05, 0.1) is 11.0 Å². The number of nitro groups is 1. The van der Waals surface area contributed by atoms with Crippen molar-refractivity contribution in [3.05, 3.63) is 39.7 Å². The van der Waals surface area contributed by atoms with Crippen molar-refractivity contribution >= 4 is 5.69 Å². The molecule has 1 N–H and O–H groups in total. The minimum atomic E-state index is -0.571. The van der Waals surface area contributed by atoms with Gasteiger partial charge in [0.25, 0.3) is 5.69 Å². The number of non-ortho nitro benzene ring substituents is 1. The molecule has 1 fully saturated rings. The summed E-state index contributed by atoms with van der Waals surface area (Å²) in [5.74, 6) is 0.187. The Balaban J connectivity index is 1.98. The van der Waals surface area contributed by atoms with Crippen LogP contribution in [0, 0.1) is 21.8 Å². The predicted octanol–water partition coefficient (Wildman–Crippen LogP) is 2.62. The van der Waals surface area contributed by atoms with Gasteiger partial charge in [0.1, 0.15) is 5.82 Å². The third-order valence-electron chi connectivity index (χ3n) is 3.12. The van der Waals surface area contributed by atoms with Gasteiger partial charge in [0, 0.05) is 18.7 Å². The van der Waals surface area contributed by atoms with E-state index in [-0.39, 0.29) is 5.69 Å². The Hall–Kier alpha value is -1.49. The highest BCUT2D eigenvalue weighted by molar-refractivity contribution is 5.35. The van der Waals surface area contributed by atoms with Gasteiger partial charge >= 0.3 is 0 Å². The Kier molecular flexibility index (Phi) is 3.38. The first-order valence-corrected chi connectivity index (χ1v) is 5.72. The van der Waals surface area contributed by atoms with Crippen LogP contribution in [0.3, 0.4) is 0 Å². The lowest BCUT2D eigenvalue weighted by Gasteiger charge is -2.33. The van der Waals surface area contributed by atoms with E-state index in [4.69, 9.17) is 0 Å². The van der Waals surface area contributed by atoms with E-state index in [1.807, 2.05) is 0 Å². The summed E-state index contributed by atoms with van der Waals surface area (Å²) in [7, 11) is 0. The van der Waals surface area contributed by atoms with E-state index < -0.39 is 10.7 Å². The van der Waals surface area contributed by atoms with Crippen LogP contribution in [0.2, 0.25) is 0 Å². The molecule has 0 spiro atoms. The molecule has 0 heterocycles. The van der Waals surface area contributed by atoms with Crippen LogP contribution < -0.4 is 5.32 Å². The maximum atomic E-state index is 13.1. The van der Waals surface area contributed by atoms with E-state index in [0.29, 0.717) is 18.2 Å². The van der Waals surface area contributed by atoms with E-state index in [9.17, 15) is 14.5 Å². The Labute approximate surface area is 99.0 Å². The number of benzene rings is 1. The van der Waals surface area contributed by atoms with Crippen molar-refractivity contribution in [2.24, 2.45) is 5.92 Å². The van der Waals surface area contributed by atoms with Gasteiger partial charge in [-0.2, -0.15) is 0 Å². The van der Waals surface area contributed by atoms with Crippen molar-refractivity contribution in [1.82, 2.24) is 5.32 Å². The largest absolute Gasteiger partial charge is 0.310 e. The number of rotatable bonds is 4. The summed E-state index contributed by atoms with van der Waals surface area (Å²) in [6, 6.07) is 4.15. The average Bonchev–Trinajstić information content (AvgIpc) is 2.22. The van der Waals surface area contributed by atoms with Gasteiger partial charge in [-0.15, -0.1) is 0 Å². The van der Waals surface area contributed by atoms with E-state index in [2.05, 4.69) is 12.2 Å². The number of nitro benzene ring substituents is 1. The minimum absolute atomic E-state index is 0.191. The molecule has 1 aromatic rings. The topological polar surface area (TPSA) is 55.2 Å². The molecule has 0 saturated heterocycles. The predicted molar refractivity (Wildman–Crippen MR) is 62.1 cm³/mol. The second-order valence-electron chi connectivity index (χ2n) is 4.73. The van der Waals surface area contributed by atoms with Crippen molar-refractivity contribution in [3.63, 3.8) is 0 Å². The molecular weight excluding hydrogens is 223 g/mol. The Morgan fingerprint density at radius 1 is 1.47 bits per heavy atom. The SMILES string of the molecule is CC1CC(NCc2cc(F)cc([N+](=O)[O-])c2)C1. The van der Waals surface area contributed by atoms with Gasteiger partial charge in [-0.25, -0.2) is 4.39 Å². The molecule has 0 amide bonds. The molecule has 0 radical (unpaired) electrons. The zero-order valence-electron chi connectivity index (χ0n) is 9.65. The normalized spacial score (nSPS) is 23.2. The number of nitrogens with one attached hydrogen (secondary N) is 1. The van der Waals surface area contributed by atoms with Crippen LogP contribution in [0.25, 0.3) is 0 Å². The number of halogens is 1. The third-order valence-corrected chi connectivity index (χ3v) is 3.12. The molecule has 1 aliphatic rings. The molecule has 1 aliphatic carbocycles. The summed E-state index contributed by atoms with van der Waals surface area (Å²) in [4.78, 5) is 10.0. The second kappa shape index (κ2) is 4.79. The van der Waals surface area contributed by atoms with Crippen molar-refractivity contribution in [1.29, 1.82) is 0 Å². The first-order valence-electron chi connectivity index (χ1n) is 5.72. The molecule has 17 heavy (non-hydrogen) atoms. The van der Waals surface area contributed by atoms with Crippen LogP contribution in [-0.2, 0) is 6.54 Å². The highest BCUT2D eigenvalue weighted by Crippen LogP contribution is 2.26. The van der Waals surface area contributed by atoms with Crippen molar-refractivity contribution in [2.45, 2.75) is 32.4 Å². The van der Waals surface area contributed by atoms with E-state index in [1.165, 1.54) is 12.1 Å². The standard InChI is InChI=1S/C12H15FN2O2/c1-8-2-11(3-8)14-7-9-4-10(13)6-12(5-9)15(16)17/h4-6,8,11,14H,2-3,7H2,1H3. The highest BCUT2D eigenvalue weighted by atomic mass is 19.1. The molecule has 2 rings (SSSR count).